The van der Waals surface area contributed by atoms with Gasteiger partial charge >= 0.3 is 5.97 Å². The van der Waals surface area contributed by atoms with Crippen LogP contribution in [0.5, 0.6) is 0 Å². The van der Waals surface area contributed by atoms with Gasteiger partial charge in [-0.3, -0.25) is 4.79 Å². The molecule has 2 N–H and O–H groups in total. The zero-order valence-electron chi connectivity index (χ0n) is 24.1. The fraction of sp³-hybridized carbons (Fsp3) is 0.536. The minimum atomic E-state index is -0.446. The summed E-state index contributed by atoms with van der Waals surface area (Å²) in [5.41, 5.74) is 1.95. The number of Topliss-reactive ketones (excluding diaryl/α,β-unsaturated/α-hetero) is 1. The molecule has 2 aliphatic heterocycles. The van der Waals surface area contributed by atoms with Crippen LogP contribution in [-0.4, -0.2) is 90.3 Å². The first kappa shape index (κ1) is 30.7. The average molecular weight is 637 g/mol. The van der Waals surface area contributed by atoms with Crippen LogP contribution in [0.15, 0.2) is 12.4 Å². The van der Waals surface area contributed by atoms with Crippen molar-refractivity contribution < 1.29 is 19.1 Å². The van der Waals surface area contributed by atoms with Crippen LogP contribution >= 0.6 is 34.5 Å². The molecule has 42 heavy (non-hydrogen) atoms. The molecule has 3 aromatic heterocycles. The van der Waals surface area contributed by atoms with E-state index in [-0.39, 0.29) is 35.9 Å². The van der Waals surface area contributed by atoms with Gasteiger partial charge in [0.1, 0.15) is 27.8 Å². The molecule has 0 unspecified atom stereocenters. The van der Waals surface area contributed by atoms with Gasteiger partial charge in [-0.2, -0.15) is 0 Å². The normalized spacial score (nSPS) is 21.0. The number of methoxy groups -OCH3 is 1. The molecule has 11 nitrogen and oxygen atoms in total. The van der Waals surface area contributed by atoms with Crippen LogP contribution in [0.25, 0.3) is 11.4 Å². The van der Waals surface area contributed by atoms with Gasteiger partial charge in [0, 0.05) is 58.0 Å². The molecule has 0 aromatic carbocycles. The van der Waals surface area contributed by atoms with Crippen LogP contribution in [0.4, 0.5) is 10.9 Å². The Morgan fingerprint density at radius 2 is 1.95 bits per heavy atom. The third-order valence-electron chi connectivity index (χ3n) is 7.70. The second kappa shape index (κ2) is 13.3. The number of hydrogen-bond donors (Lipinski definition) is 2. The van der Waals surface area contributed by atoms with Gasteiger partial charge in [0.05, 0.1) is 35.1 Å². The van der Waals surface area contributed by atoms with Gasteiger partial charge in [0.25, 0.3) is 0 Å². The molecule has 2 fully saturated rings. The largest absolute Gasteiger partial charge is 0.462 e. The molecule has 0 aliphatic carbocycles. The number of carbonyl (C=O) groups is 2. The van der Waals surface area contributed by atoms with Gasteiger partial charge in [0.2, 0.25) is 0 Å². The van der Waals surface area contributed by atoms with Crippen molar-refractivity contribution in [2.45, 2.75) is 45.8 Å². The number of piperidine rings is 1. The number of H-pyrrole nitrogens is 1. The van der Waals surface area contributed by atoms with Crippen molar-refractivity contribution in [2.24, 2.45) is 5.92 Å². The molecule has 0 amide bonds. The van der Waals surface area contributed by atoms with Crippen LogP contribution in [0.1, 0.15) is 52.5 Å². The van der Waals surface area contributed by atoms with E-state index >= 15 is 0 Å². The Morgan fingerprint density at radius 3 is 2.60 bits per heavy atom. The molecule has 2 aliphatic rings. The molecule has 0 radical (unpaired) electrons. The summed E-state index contributed by atoms with van der Waals surface area (Å²) in [6.07, 6.45) is 4.13. The number of esters is 1. The first-order chi connectivity index (χ1) is 20.2. The Labute approximate surface area is 258 Å². The molecule has 0 bridgehead atoms. The molecule has 0 saturated carbocycles. The lowest BCUT2D eigenvalue weighted by Crippen LogP contribution is -2.49. The highest BCUT2D eigenvalue weighted by molar-refractivity contribution is 7.17. The van der Waals surface area contributed by atoms with Crippen LogP contribution in [0.3, 0.4) is 0 Å². The first-order valence-corrected chi connectivity index (χ1v) is 15.6. The summed E-state index contributed by atoms with van der Waals surface area (Å²) in [5.74, 6) is 0.220. The quantitative estimate of drug-likeness (QED) is 0.254. The van der Waals surface area contributed by atoms with E-state index in [1.807, 2.05) is 0 Å². The third-order valence-corrected chi connectivity index (χ3v) is 9.74. The van der Waals surface area contributed by atoms with Crippen molar-refractivity contribution in [2.75, 3.05) is 56.2 Å². The number of rotatable bonds is 9. The van der Waals surface area contributed by atoms with Gasteiger partial charge in [0.15, 0.2) is 10.9 Å². The predicted octanol–water partition coefficient (Wildman–Crippen LogP) is 4.63. The Hall–Kier alpha value is -2.77. The van der Waals surface area contributed by atoms with E-state index in [0.29, 0.717) is 63.4 Å². The number of nitrogens with one attached hydrogen (secondary N) is 2. The number of aromatic amines is 1. The topological polar surface area (TPSA) is 126 Å². The number of nitrogens with zero attached hydrogens (tertiary/aromatic N) is 5. The van der Waals surface area contributed by atoms with E-state index in [1.54, 1.807) is 33.4 Å². The molecular formula is C28H35Cl2N7O4S. The summed E-state index contributed by atoms with van der Waals surface area (Å²) in [5, 5.41) is 4.71. The molecule has 5 rings (SSSR count). The Balaban J connectivity index is 1.34. The second-order valence-corrected chi connectivity index (χ2v) is 12.3. The van der Waals surface area contributed by atoms with E-state index in [0.717, 1.165) is 25.5 Å². The first-order valence-electron chi connectivity index (χ1n) is 14.0. The molecule has 3 atom stereocenters. The van der Waals surface area contributed by atoms with E-state index in [2.05, 4.69) is 37.0 Å². The number of ether oxygens (including phenoxy) is 2. The summed E-state index contributed by atoms with van der Waals surface area (Å²) >= 11 is 13.7. The van der Waals surface area contributed by atoms with E-state index in [4.69, 9.17) is 37.7 Å². The number of ketones is 1. The molecule has 0 spiro atoms. The summed E-state index contributed by atoms with van der Waals surface area (Å²) in [7, 11) is 1.64. The predicted molar refractivity (Wildman–Crippen MR) is 164 cm³/mol. The summed E-state index contributed by atoms with van der Waals surface area (Å²) in [4.78, 5) is 47.8. The zero-order chi connectivity index (χ0) is 30.0. The minimum Gasteiger partial charge on any atom is -0.462 e. The SMILES string of the molecule is CCOC(=O)c1sc(N2CC[C@@H](CC(=O)c3[nH]c(C)c(Cl)c3Cl)[C@@H](OC)C2)nc1-c1cnc(N2CCN[C@H](C)C2)cn1. The molecular weight excluding hydrogens is 601 g/mol. The van der Waals surface area contributed by atoms with Crippen molar-refractivity contribution in [1.29, 1.82) is 0 Å². The highest BCUT2D eigenvalue weighted by Gasteiger charge is 2.34. The van der Waals surface area contributed by atoms with E-state index in [9.17, 15) is 9.59 Å². The fourth-order valence-electron chi connectivity index (χ4n) is 5.44. The maximum absolute atomic E-state index is 13.1. The monoisotopic (exact) mass is 635 g/mol. The van der Waals surface area contributed by atoms with Crippen LogP contribution in [-0.2, 0) is 9.47 Å². The summed E-state index contributed by atoms with van der Waals surface area (Å²) < 4.78 is 11.2. The number of piperazine rings is 1. The van der Waals surface area contributed by atoms with Crippen LogP contribution < -0.4 is 15.1 Å². The van der Waals surface area contributed by atoms with Gasteiger partial charge in [-0.15, -0.1) is 0 Å². The Kier molecular flexibility index (Phi) is 9.68. The van der Waals surface area contributed by atoms with Crippen molar-refractivity contribution >= 4 is 57.2 Å². The maximum atomic E-state index is 13.1. The lowest BCUT2D eigenvalue weighted by Gasteiger charge is -2.37. The van der Waals surface area contributed by atoms with Gasteiger partial charge in [-0.05, 0) is 33.1 Å². The number of thiazole rings is 1. The number of aromatic nitrogens is 4. The standard InChI is InChI=1S/C28H35Cl2N7O4S/c1-5-41-27(39)26-24(18-11-33-21(12-32-18)36-9-7-31-15(2)13-36)35-28(42-26)37-8-6-17(20(14-37)40-4)10-19(38)25-23(30)22(29)16(3)34-25/h11-12,15,17,20,31,34H,5-10,13-14H2,1-4H3/t15-,17+,20+/m1/s1. The lowest BCUT2D eigenvalue weighted by atomic mass is 9.88. The van der Waals surface area contributed by atoms with E-state index in [1.165, 1.54) is 11.3 Å². The number of halogens is 2. The molecule has 2 saturated heterocycles. The number of anilines is 2. The van der Waals surface area contributed by atoms with E-state index < -0.39 is 5.97 Å². The summed E-state index contributed by atoms with van der Waals surface area (Å²) in [6, 6.07) is 0.365. The Morgan fingerprint density at radius 1 is 1.14 bits per heavy atom. The lowest BCUT2D eigenvalue weighted by molar-refractivity contribution is 0.0375. The maximum Gasteiger partial charge on any atom is 0.350 e. The molecule has 226 valence electrons. The number of carbonyl (C=O) groups excluding carboxylic acids is 2. The molecule has 14 heteroatoms. The number of hydrogen-bond acceptors (Lipinski definition) is 11. The average Bonchev–Trinajstić information content (AvgIpc) is 3.55. The minimum absolute atomic E-state index is 0.0210. The van der Waals surface area contributed by atoms with Gasteiger partial charge < -0.3 is 29.6 Å². The second-order valence-electron chi connectivity index (χ2n) is 10.6. The highest BCUT2D eigenvalue weighted by atomic mass is 35.5. The number of aryl methyl sites for hydroxylation is 1. The van der Waals surface area contributed by atoms with Crippen LogP contribution in [0.2, 0.25) is 10.0 Å². The third kappa shape index (κ3) is 6.42. The highest BCUT2D eigenvalue weighted by Crippen LogP contribution is 2.37. The van der Waals surface area contributed by atoms with Gasteiger partial charge in [-0.1, -0.05) is 34.5 Å². The smallest absolute Gasteiger partial charge is 0.350 e. The Bertz CT molecular complexity index is 1430. The van der Waals surface area contributed by atoms with Crippen LogP contribution in [0, 0.1) is 12.8 Å². The van der Waals surface area contributed by atoms with Gasteiger partial charge in [-0.25, -0.2) is 19.7 Å². The van der Waals surface area contributed by atoms with Crippen molar-refractivity contribution in [3.63, 3.8) is 0 Å². The molecule has 3 aromatic rings. The van der Waals surface area contributed by atoms with Crippen molar-refractivity contribution in [1.82, 2.24) is 25.3 Å². The van der Waals surface area contributed by atoms with Crippen molar-refractivity contribution in [3.05, 3.63) is 38.7 Å². The fourth-order valence-corrected chi connectivity index (χ4v) is 6.88. The molecule has 5 heterocycles. The zero-order valence-corrected chi connectivity index (χ0v) is 26.4. The van der Waals surface area contributed by atoms with Crippen molar-refractivity contribution in [3.8, 4) is 11.4 Å². The summed E-state index contributed by atoms with van der Waals surface area (Å²) in [6.45, 7) is 9.66.